The van der Waals surface area contributed by atoms with E-state index in [1.54, 1.807) is 19.1 Å². The average Bonchev–Trinajstić information content (AvgIpc) is 3.20. The van der Waals surface area contributed by atoms with Gasteiger partial charge in [0.1, 0.15) is 16.8 Å². The van der Waals surface area contributed by atoms with Gasteiger partial charge in [-0.3, -0.25) is 9.59 Å². The van der Waals surface area contributed by atoms with Crippen LogP contribution in [0.3, 0.4) is 0 Å². The van der Waals surface area contributed by atoms with Crippen molar-refractivity contribution in [3.05, 3.63) is 53.5 Å². The molecular formula is C18H15F3N4O3S. The molecule has 2 heterocycles. The number of carbonyl (C=O) groups is 2. The molecule has 11 heteroatoms. The highest BCUT2D eigenvalue weighted by atomic mass is 32.2. The Bertz CT molecular complexity index is 985. The van der Waals surface area contributed by atoms with Gasteiger partial charge in [0.25, 0.3) is 0 Å². The number of carbonyl (C=O) groups excluding carboxylic acids is 2. The molecule has 0 spiro atoms. The van der Waals surface area contributed by atoms with Gasteiger partial charge in [0, 0.05) is 6.42 Å². The SMILES string of the molecule is Cc1ccc(/C=N\N=C2/NC(=O)C(CC(=O)Nc3ccccc3C(F)(F)F)S2)o1. The molecule has 152 valence electrons. The topological polar surface area (TPSA) is 96.1 Å². The number of rotatable bonds is 5. The summed E-state index contributed by atoms with van der Waals surface area (Å²) in [6.45, 7) is 1.78. The summed E-state index contributed by atoms with van der Waals surface area (Å²) in [5.74, 6) is 0.00321. The van der Waals surface area contributed by atoms with Crippen molar-refractivity contribution in [3.8, 4) is 0 Å². The summed E-state index contributed by atoms with van der Waals surface area (Å²) < 4.78 is 44.3. The maximum Gasteiger partial charge on any atom is 0.418 e. The van der Waals surface area contributed by atoms with Crippen molar-refractivity contribution in [1.82, 2.24) is 5.32 Å². The van der Waals surface area contributed by atoms with Crippen molar-refractivity contribution in [2.24, 2.45) is 10.2 Å². The summed E-state index contributed by atoms with van der Waals surface area (Å²) in [5.41, 5.74) is -1.32. The lowest BCUT2D eigenvalue weighted by Gasteiger charge is -2.14. The Labute approximate surface area is 167 Å². The van der Waals surface area contributed by atoms with Crippen LogP contribution in [0.25, 0.3) is 0 Å². The maximum absolute atomic E-state index is 13.0. The highest BCUT2D eigenvalue weighted by molar-refractivity contribution is 8.15. The Morgan fingerprint density at radius 3 is 2.76 bits per heavy atom. The van der Waals surface area contributed by atoms with Crippen LogP contribution in [-0.2, 0) is 15.8 Å². The lowest BCUT2D eigenvalue weighted by atomic mass is 10.1. The number of aryl methyl sites for hydroxylation is 1. The average molecular weight is 424 g/mol. The van der Waals surface area contributed by atoms with Gasteiger partial charge >= 0.3 is 6.18 Å². The first-order chi connectivity index (χ1) is 13.7. The summed E-state index contributed by atoms with van der Waals surface area (Å²) in [4.78, 5) is 24.1. The molecule has 7 nitrogen and oxygen atoms in total. The number of halogens is 3. The third-order valence-electron chi connectivity index (χ3n) is 3.75. The highest BCUT2D eigenvalue weighted by Crippen LogP contribution is 2.34. The lowest BCUT2D eigenvalue weighted by Crippen LogP contribution is -2.28. The van der Waals surface area contributed by atoms with E-state index in [-0.39, 0.29) is 17.3 Å². The predicted octanol–water partition coefficient (Wildman–Crippen LogP) is 3.56. The zero-order valence-electron chi connectivity index (χ0n) is 15.0. The van der Waals surface area contributed by atoms with Gasteiger partial charge in [-0.1, -0.05) is 23.9 Å². The summed E-state index contributed by atoms with van der Waals surface area (Å²) in [6, 6.07) is 8.09. The number of furan rings is 1. The molecule has 0 radical (unpaired) electrons. The molecule has 3 rings (SSSR count). The minimum absolute atomic E-state index is 0.183. The monoisotopic (exact) mass is 424 g/mol. The van der Waals surface area contributed by atoms with Crippen molar-refractivity contribution in [2.45, 2.75) is 24.8 Å². The van der Waals surface area contributed by atoms with E-state index in [0.717, 1.165) is 23.9 Å². The number of thioether (sulfide) groups is 1. The molecule has 1 aliphatic heterocycles. The van der Waals surface area contributed by atoms with Gasteiger partial charge in [-0.25, -0.2) is 0 Å². The Morgan fingerprint density at radius 2 is 2.07 bits per heavy atom. The van der Waals surface area contributed by atoms with E-state index < -0.39 is 28.8 Å². The molecule has 0 bridgehead atoms. The van der Waals surface area contributed by atoms with Gasteiger partial charge in [-0.05, 0) is 31.2 Å². The number of hydrogen-bond donors (Lipinski definition) is 2. The second-order valence-corrected chi connectivity index (χ2v) is 7.18. The number of nitrogens with one attached hydrogen (secondary N) is 2. The van der Waals surface area contributed by atoms with E-state index in [4.69, 9.17) is 4.42 Å². The first kappa shape index (κ1) is 20.6. The van der Waals surface area contributed by atoms with E-state index in [1.807, 2.05) is 0 Å². The van der Waals surface area contributed by atoms with Gasteiger partial charge in [-0.15, -0.1) is 5.10 Å². The van der Waals surface area contributed by atoms with Gasteiger partial charge in [0.2, 0.25) is 11.8 Å². The van der Waals surface area contributed by atoms with Crippen molar-refractivity contribution >= 4 is 40.6 Å². The predicted molar refractivity (Wildman–Crippen MR) is 103 cm³/mol. The molecule has 2 aromatic rings. The smallest absolute Gasteiger partial charge is 0.418 e. The minimum Gasteiger partial charge on any atom is -0.460 e. The van der Waals surface area contributed by atoms with Gasteiger partial charge in [-0.2, -0.15) is 18.3 Å². The molecule has 0 saturated carbocycles. The first-order valence-corrected chi connectivity index (χ1v) is 9.21. The fourth-order valence-corrected chi connectivity index (χ4v) is 3.38. The molecule has 1 fully saturated rings. The summed E-state index contributed by atoms with van der Waals surface area (Å²) in [6.07, 6.45) is -3.56. The molecule has 1 saturated heterocycles. The highest BCUT2D eigenvalue weighted by Gasteiger charge is 2.35. The maximum atomic E-state index is 13.0. The molecule has 1 atom stereocenters. The standard InChI is InChI=1S/C18H15F3N4O3S/c1-10-6-7-11(28-10)9-22-25-17-24-16(27)14(29-17)8-15(26)23-13-5-3-2-4-12(13)18(19,20)21/h2-7,9,14H,8H2,1H3,(H,23,26)(H,24,25,27)/b22-9-. The second-order valence-electron chi connectivity index (χ2n) is 5.99. The van der Waals surface area contributed by atoms with Crippen LogP contribution in [0.5, 0.6) is 0 Å². The number of para-hydroxylation sites is 1. The molecule has 2 amide bonds. The number of amides is 2. The molecule has 1 aromatic carbocycles. The molecule has 1 aromatic heterocycles. The van der Waals surface area contributed by atoms with E-state index in [9.17, 15) is 22.8 Å². The van der Waals surface area contributed by atoms with Crippen molar-refractivity contribution in [1.29, 1.82) is 0 Å². The Morgan fingerprint density at radius 1 is 1.31 bits per heavy atom. The van der Waals surface area contributed by atoms with E-state index >= 15 is 0 Å². The van der Waals surface area contributed by atoms with Gasteiger partial charge in [0.05, 0.1) is 17.5 Å². The van der Waals surface area contributed by atoms with Crippen LogP contribution >= 0.6 is 11.8 Å². The van der Waals surface area contributed by atoms with Crippen molar-refractivity contribution in [3.63, 3.8) is 0 Å². The molecule has 0 aliphatic carbocycles. The van der Waals surface area contributed by atoms with Crippen LogP contribution in [0.2, 0.25) is 0 Å². The summed E-state index contributed by atoms with van der Waals surface area (Å²) in [5, 5.41) is 11.7. The van der Waals surface area contributed by atoms with Crippen LogP contribution in [0, 0.1) is 6.92 Å². The van der Waals surface area contributed by atoms with Crippen LogP contribution in [0.4, 0.5) is 18.9 Å². The number of anilines is 1. The fourth-order valence-electron chi connectivity index (χ4n) is 2.46. The van der Waals surface area contributed by atoms with Gasteiger partial charge < -0.3 is 15.1 Å². The Balaban J connectivity index is 1.60. The zero-order valence-corrected chi connectivity index (χ0v) is 15.8. The van der Waals surface area contributed by atoms with Crippen LogP contribution in [0.15, 0.2) is 51.0 Å². The Kier molecular flexibility index (Phi) is 6.06. The van der Waals surface area contributed by atoms with Gasteiger partial charge in [0.15, 0.2) is 5.17 Å². The molecular weight excluding hydrogens is 409 g/mol. The van der Waals surface area contributed by atoms with E-state index in [1.165, 1.54) is 18.3 Å². The molecule has 2 N–H and O–H groups in total. The van der Waals surface area contributed by atoms with Crippen molar-refractivity contribution in [2.75, 3.05) is 5.32 Å². The molecule has 1 aliphatic rings. The van der Waals surface area contributed by atoms with E-state index in [0.29, 0.717) is 11.5 Å². The second kappa shape index (κ2) is 8.52. The normalized spacial score (nSPS) is 18.4. The summed E-state index contributed by atoms with van der Waals surface area (Å²) in [7, 11) is 0. The van der Waals surface area contributed by atoms with Crippen LogP contribution in [-0.4, -0.2) is 28.4 Å². The zero-order chi connectivity index (χ0) is 21.0. The number of alkyl halides is 3. The first-order valence-electron chi connectivity index (χ1n) is 8.33. The third-order valence-corrected chi connectivity index (χ3v) is 4.82. The Hall–Kier alpha value is -3.08. The molecule has 1 unspecified atom stereocenters. The fraction of sp³-hybridized carbons (Fsp3) is 0.222. The number of amidine groups is 1. The minimum atomic E-state index is -4.60. The molecule has 29 heavy (non-hydrogen) atoms. The lowest BCUT2D eigenvalue weighted by molar-refractivity contribution is -0.137. The quantitative estimate of drug-likeness (QED) is 0.567. The third kappa shape index (κ3) is 5.47. The number of nitrogens with zero attached hydrogens (tertiary/aromatic N) is 2. The largest absolute Gasteiger partial charge is 0.460 e. The van der Waals surface area contributed by atoms with Crippen LogP contribution in [0.1, 0.15) is 23.5 Å². The van der Waals surface area contributed by atoms with E-state index in [2.05, 4.69) is 20.8 Å². The number of hydrogen-bond acceptors (Lipinski definition) is 6. The number of benzene rings is 1. The van der Waals surface area contributed by atoms with Crippen molar-refractivity contribution < 1.29 is 27.2 Å². The van der Waals surface area contributed by atoms with Crippen LogP contribution < -0.4 is 10.6 Å². The summed E-state index contributed by atoms with van der Waals surface area (Å²) >= 11 is 0.970.